The number of rotatable bonds is 0. The Hall–Kier alpha value is 2.42. The zero-order valence-corrected chi connectivity index (χ0v) is 10.5. The average molecular weight is 327 g/mol. The third-order valence-corrected chi connectivity index (χ3v) is 55.5. The molecule has 2 aliphatic rings. The molecule has 2 rings (SSSR count). The van der Waals surface area contributed by atoms with Crippen molar-refractivity contribution in [3.63, 3.8) is 0 Å². The summed E-state index contributed by atoms with van der Waals surface area (Å²) in [5.74, 6) is 0. The molecule has 2 fully saturated rings. The Bertz CT molecular complexity index is 69.0. The standard InChI is InChI=1S/C2H4P2Se3/c1-3-6-2-4(5-1)7-3/h1-2H2. The molecule has 0 N–H and O–H groups in total. The van der Waals surface area contributed by atoms with Crippen molar-refractivity contribution in [2.24, 2.45) is 0 Å². The van der Waals surface area contributed by atoms with E-state index in [0.29, 0.717) is 0 Å². The summed E-state index contributed by atoms with van der Waals surface area (Å²) in [6.07, 6.45) is 0. The molecule has 2 bridgehead atoms. The first-order chi connectivity index (χ1) is 3.45. The van der Waals surface area contributed by atoms with Crippen molar-refractivity contribution in [1.82, 2.24) is 0 Å². The molecule has 0 radical (unpaired) electrons. The van der Waals surface area contributed by atoms with E-state index < -0.39 is 0 Å². The third-order valence-electron chi connectivity index (χ3n) is 0.796. The monoisotopic (exact) mass is 330 g/mol. The van der Waals surface area contributed by atoms with Crippen LogP contribution in [0.4, 0.5) is 0 Å². The van der Waals surface area contributed by atoms with Crippen molar-refractivity contribution in [3.8, 4) is 0 Å². The van der Waals surface area contributed by atoms with Crippen LogP contribution in [-0.4, -0.2) is 53.2 Å². The molecule has 0 aliphatic carbocycles. The minimum atomic E-state index is 0.813. The van der Waals surface area contributed by atoms with Gasteiger partial charge in [0.1, 0.15) is 0 Å². The van der Waals surface area contributed by atoms with Crippen molar-refractivity contribution in [2.45, 2.75) is 0 Å². The van der Waals surface area contributed by atoms with Gasteiger partial charge in [0.15, 0.2) is 0 Å². The van der Waals surface area contributed by atoms with Gasteiger partial charge in [-0.2, -0.15) is 0 Å². The fraction of sp³-hybridized carbons (Fsp3) is 1.00. The molecule has 2 atom stereocenters. The molecule has 0 aromatic rings. The summed E-state index contributed by atoms with van der Waals surface area (Å²) >= 11 is 3.73. The molecule has 0 nitrogen and oxygen atoms in total. The van der Waals surface area contributed by atoms with Gasteiger partial charge in [0.2, 0.25) is 0 Å². The van der Waals surface area contributed by atoms with E-state index in [1.54, 1.807) is 10.1 Å². The van der Waals surface area contributed by atoms with Crippen LogP contribution in [0.5, 0.6) is 0 Å². The molecule has 2 unspecified atom stereocenters. The quantitative estimate of drug-likeness (QED) is 0.453. The summed E-state index contributed by atoms with van der Waals surface area (Å²) in [4.78, 5) is 0. The average Bonchev–Trinajstić information content (AvgIpc) is 2.22. The van der Waals surface area contributed by atoms with Gasteiger partial charge >= 0.3 is 63.8 Å². The molecule has 2 aliphatic heterocycles. The first kappa shape index (κ1) is 6.15. The van der Waals surface area contributed by atoms with Crippen molar-refractivity contribution in [2.75, 3.05) is 10.1 Å². The van der Waals surface area contributed by atoms with Crippen LogP contribution in [0.25, 0.3) is 0 Å². The Morgan fingerprint density at radius 2 is 1.57 bits per heavy atom. The minimum absolute atomic E-state index is 0.813. The van der Waals surface area contributed by atoms with Crippen LogP contribution in [-0.2, 0) is 0 Å². The van der Waals surface area contributed by atoms with Gasteiger partial charge in [0.05, 0.1) is 0 Å². The fourth-order valence-corrected chi connectivity index (χ4v) is 97.7. The Kier molecular flexibility index (Phi) is 2.26. The van der Waals surface area contributed by atoms with Gasteiger partial charge in [-0.15, -0.1) is 0 Å². The molecule has 5 heteroatoms. The van der Waals surface area contributed by atoms with Crippen LogP contribution in [0.1, 0.15) is 0 Å². The van der Waals surface area contributed by atoms with E-state index in [2.05, 4.69) is 0 Å². The van der Waals surface area contributed by atoms with Crippen LogP contribution in [0, 0.1) is 0 Å². The first-order valence-electron chi connectivity index (χ1n) is 1.94. The number of hydrogen-bond acceptors (Lipinski definition) is 0. The molecular weight excluding hydrogens is 323 g/mol. The topological polar surface area (TPSA) is 0 Å². The molecule has 0 aromatic heterocycles. The van der Waals surface area contributed by atoms with Crippen molar-refractivity contribution in [1.29, 1.82) is 0 Å². The number of fused-ring (bicyclic) bond motifs is 2. The van der Waals surface area contributed by atoms with Gasteiger partial charge in [-0.3, -0.25) is 0 Å². The van der Waals surface area contributed by atoms with Crippen molar-refractivity contribution in [3.05, 3.63) is 0 Å². The predicted molar refractivity (Wildman–Crippen MR) is 40.8 cm³/mol. The van der Waals surface area contributed by atoms with Crippen LogP contribution in [0.2, 0.25) is 0 Å². The second kappa shape index (κ2) is 2.57. The molecular formula is C2H4P2Se3. The Balaban J connectivity index is 2.12. The summed E-state index contributed by atoms with van der Waals surface area (Å²) in [6, 6.07) is 0. The zero-order valence-electron chi connectivity index (χ0n) is 3.53. The van der Waals surface area contributed by atoms with Gasteiger partial charge < -0.3 is 0 Å². The third kappa shape index (κ3) is 1.29. The molecule has 0 amide bonds. The SMILES string of the molecule is C1[Se]P2C[Se]P1[Se]2. The van der Waals surface area contributed by atoms with Crippen LogP contribution >= 0.6 is 10.6 Å². The van der Waals surface area contributed by atoms with Crippen LogP contribution in [0.15, 0.2) is 0 Å². The van der Waals surface area contributed by atoms with Crippen molar-refractivity contribution >= 4 is 53.7 Å². The van der Waals surface area contributed by atoms with Crippen LogP contribution < -0.4 is 0 Å². The second-order valence-corrected chi connectivity index (χ2v) is 32.0. The molecule has 0 saturated carbocycles. The molecule has 2 saturated heterocycles. The normalized spacial score (nSPS) is 48.0. The molecule has 0 aromatic carbocycles. The van der Waals surface area contributed by atoms with E-state index in [-0.39, 0.29) is 0 Å². The Morgan fingerprint density at radius 1 is 1.00 bits per heavy atom. The predicted octanol–water partition coefficient (Wildman–Crippen LogP) is 0.665. The first-order valence-corrected chi connectivity index (χ1v) is 16.3. The molecule has 7 heavy (non-hydrogen) atoms. The summed E-state index contributed by atoms with van der Waals surface area (Å²) in [6.45, 7) is 0. The summed E-state index contributed by atoms with van der Waals surface area (Å²) in [5.41, 5.74) is 0. The van der Waals surface area contributed by atoms with E-state index in [1.165, 1.54) is 43.1 Å². The van der Waals surface area contributed by atoms with E-state index in [9.17, 15) is 0 Å². The molecule has 2 heterocycles. The van der Waals surface area contributed by atoms with E-state index in [1.807, 2.05) is 0 Å². The van der Waals surface area contributed by atoms with Crippen molar-refractivity contribution < 1.29 is 0 Å². The summed E-state index contributed by atoms with van der Waals surface area (Å²) in [5, 5.41) is 5.17. The fourth-order valence-electron chi connectivity index (χ4n) is 0.493. The maximum atomic E-state index is 1.77. The van der Waals surface area contributed by atoms with E-state index in [0.717, 1.165) is 10.6 Å². The zero-order chi connectivity index (χ0) is 4.69. The van der Waals surface area contributed by atoms with E-state index >= 15 is 0 Å². The Morgan fingerprint density at radius 3 is 1.71 bits per heavy atom. The van der Waals surface area contributed by atoms with Gasteiger partial charge in [0.25, 0.3) is 0 Å². The van der Waals surface area contributed by atoms with Gasteiger partial charge in [0, 0.05) is 0 Å². The van der Waals surface area contributed by atoms with Gasteiger partial charge in [-0.05, 0) is 0 Å². The molecule has 0 spiro atoms. The number of hydrogen-bond donors (Lipinski definition) is 0. The Labute approximate surface area is 63.4 Å². The summed E-state index contributed by atoms with van der Waals surface area (Å²) in [7, 11) is 0. The summed E-state index contributed by atoms with van der Waals surface area (Å²) < 4.78 is 0. The van der Waals surface area contributed by atoms with Gasteiger partial charge in [-0.25, -0.2) is 0 Å². The molecule has 40 valence electrons. The van der Waals surface area contributed by atoms with Gasteiger partial charge in [-0.1, -0.05) is 0 Å². The van der Waals surface area contributed by atoms with E-state index in [4.69, 9.17) is 0 Å². The van der Waals surface area contributed by atoms with Crippen LogP contribution in [0.3, 0.4) is 0 Å². The maximum absolute atomic E-state index is 1.77. The second-order valence-electron chi connectivity index (χ2n) is 1.26.